The van der Waals surface area contributed by atoms with E-state index in [4.69, 9.17) is 0 Å². The van der Waals surface area contributed by atoms with Crippen molar-refractivity contribution in [3.8, 4) is 11.1 Å². The Morgan fingerprint density at radius 2 is 1.28 bits per heavy atom. The zero-order chi connectivity index (χ0) is 26.3. The maximum atomic E-state index is 3.30. The molecule has 0 N–H and O–H groups in total. The standard InChI is InChI=1S/C13H9.C13H10.C10H15.2ClH.Zr/c1-3-7-12-10(5-1)9-11-6-2-4-8-13(11)12;1-3-7-12(8-4-1)11-13-9-5-2-6-10-13;1-8-5-6-9(7-8)10(2,3)4;;;/h1-5,7-8H,9H2;1-10H;5-7H,1-4H3;2*1H;/q-1;;-1;;;+2/p-2. The van der Waals surface area contributed by atoms with Gasteiger partial charge in [-0.2, -0.15) is 53.1 Å². The Bertz CT molecular complexity index is 1360. The molecule has 1 aliphatic rings. The zero-order valence-corrected chi connectivity index (χ0v) is 27.0. The van der Waals surface area contributed by atoms with Gasteiger partial charge in [0.1, 0.15) is 0 Å². The van der Waals surface area contributed by atoms with Gasteiger partial charge in [-0.05, 0) is 6.42 Å². The molecule has 0 saturated heterocycles. The van der Waals surface area contributed by atoms with Crippen LogP contribution in [0.3, 0.4) is 0 Å². The van der Waals surface area contributed by atoms with E-state index in [2.05, 4.69) is 149 Å². The van der Waals surface area contributed by atoms with Crippen molar-refractivity contribution >= 4 is 3.21 Å². The fourth-order valence-corrected chi connectivity index (χ4v) is 5.22. The van der Waals surface area contributed by atoms with E-state index in [1.54, 1.807) is 0 Å². The van der Waals surface area contributed by atoms with Gasteiger partial charge in [0.15, 0.2) is 0 Å². The van der Waals surface area contributed by atoms with E-state index < -0.39 is 0 Å². The summed E-state index contributed by atoms with van der Waals surface area (Å²) in [7, 11) is 0. The molecule has 3 heteroatoms. The van der Waals surface area contributed by atoms with Gasteiger partial charge in [0.25, 0.3) is 0 Å². The molecule has 5 aromatic carbocycles. The summed E-state index contributed by atoms with van der Waals surface area (Å²) >= 11 is 1.46. The fraction of sp³-hybridized carbons (Fsp3) is 0.167. The summed E-state index contributed by atoms with van der Waals surface area (Å²) in [6.45, 7) is 8.85. The fourth-order valence-electron chi connectivity index (χ4n) is 4.40. The molecule has 0 aromatic heterocycles. The van der Waals surface area contributed by atoms with Crippen LogP contribution in [0, 0.1) is 13.0 Å². The number of hydrogen-bond acceptors (Lipinski definition) is 0. The average molecular weight is 629 g/mol. The monoisotopic (exact) mass is 626 g/mol. The molecule has 0 amide bonds. The van der Waals surface area contributed by atoms with E-state index in [1.807, 2.05) is 6.07 Å². The Balaban J connectivity index is 0.000000203. The van der Waals surface area contributed by atoms with Gasteiger partial charge in [0.05, 0.1) is 0 Å². The molecule has 0 aliphatic heterocycles. The first-order valence-corrected chi connectivity index (χ1v) is 14.1. The minimum atomic E-state index is 0. The Morgan fingerprint density at radius 1 is 0.744 bits per heavy atom. The van der Waals surface area contributed by atoms with Crippen LogP contribution >= 0.6 is 0 Å². The largest absolute Gasteiger partial charge is 0.179 e. The number of aryl methyl sites for hydroxylation is 1. The number of hydrogen-bond donors (Lipinski definition) is 0. The summed E-state index contributed by atoms with van der Waals surface area (Å²) in [4.78, 5) is 0. The van der Waals surface area contributed by atoms with Gasteiger partial charge in [-0.25, -0.2) is 6.07 Å². The molecule has 0 atom stereocenters. The maximum Gasteiger partial charge on any atom is -0.0253 e. The molecule has 39 heavy (non-hydrogen) atoms. The third-order valence-corrected chi connectivity index (χ3v) is 7.94. The Morgan fingerprint density at radius 3 is 1.79 bits per heavy atom. The smallest absolute Gasteiger partial charge is 0.0253 e. The van der Waals surface area contributed by atoms with Crippen LogP contribution in [0.4, 0.5) is 0 Å². The van der Waals surface area contributed by atoms with Crippen molar-refractivity contribution in [2.24, 2.45) is 0 Å². The van der Waals surface area contributed by atoms with Crippen LogP contribution in [0.2, 0.25) is 0 Å². The van der Waals surface area contributed by atoms with Crippen LogP contribution < -0.4 is 24.8 Å². The minimum absolute atomic E-state index is 0. The Hall–Kier alpha value is -2.44. The number of fused-ring (bicyclic) bond motifs is 3. The Labute approximate surface area is 262 Å². The number of rotatable bonds is 2. The second-order valence-corrected chi connectivity index (χ2v) is 11.7. The summed E-state index contributed by atoms with van der Waals surface area (Å²) in [5, 5.41) is 0. The van der Waals surface area contributed by atoms with Crippen molar-refractivity contribution < 1.29 is 49.0 Å². The van der Waals surface area contributed by atoms with Gasteiger partial charge in [-0.15, -0.1) is 5.56 Å². The first-order valence-electron chi connectivity index (χ1n) is 12.8. The van der Waals surface area contributed by atoms with Gasteiger partial charge in [-0.1, -0.05) is 68.5 Å². The molecule has 6 rings (SSSR count). The molecule has 0 unspecified atom stereocenters. The SMILES string of the molecule is Cc1cc(C(C)(C)C)c[cH-]1.[Cl-].[Cl-].[Zr+2]=[C](c1ccccc1)c1ccccc1.[c-]1cccc2c1Cc1ccccc1-2. The van der Waals surface area contributed by atoms with Gasteiger partial charge in [0.2, 0.25) is 0 Å². The minimum Gasteiger partial charge on any atom is -0.179 e. The summed E-state index contributed by atoms with van der Waals surface area (Å²) in [6.07, 6.45) is 1.05. The molecule has 0 bridgehead atoms. The van der Waals surface area contributed by atoms with Gasteiger partial charge < -0.3 is 24.8 Å². The zero-order valence-electron chi connectivity index (χ0n) is 23.0. The van der Waals surface area contributed by atoms with Gasteiger partial charge >= 0.3 is 99.2 Å². The number of halogens is 2. The summed E-state index contributed by atoms with van der Waals surface area (Å²) in [6, 6.07) is 45.8. The maximum absolute atomic E-state index is 3.30. The summed E-state index contributed by atoms with van der Waals surface area (Å²) in [5.74, 6) is 0. The molecule has 1 aliphatic carbocycles. The molecule has 5 aromatic rings. The third-order valence-electron chi connectivity index (χ3n) is 6.52. The molecule has 0 spiro atoms. The van der Waals surface area contributed by atoms with E-state index in [1.165, 1.54) is 71.9 Å². The summed E-state index contributed by atoms with van der Waals surface area (Å²) < 4.78 is 1.42. The molecular formula is C36H34Cl2Zr-2. The predicted octanol–water partition coefficient (Wildman–Crippen LogP) is 2.88. The molecule has 0 fully saturated rings. The quantitative estimate of drug-likeness (QED) is 0.259. The predicted molar refractivity (Wildman–Crippen MR) is 155 cm³/mol. The van der Waals surface area contributed by atoms with Crippen LogP contribution in [0.5, 0.6) is 0 Å². The topological polar surface area (TPSA) is 0 Å². The van der Waals surface area contributed by atoms with Crippen LogP contribution in [-0.4, -0.2) is 3.21 Å². The molecule has 0 radical (unpaired) electrons. The van der Waals surface area contributed by atoms with E-state index in [-0.39, 0.29) is 24.8 Å². The van der Waals surface area contributed by atoms with Crippen molar-refractivity contribution in [2.75, 3.05) is 0 Å². The van der Waals surface area contributed by atoms with Crippen molar-refractivity contribution in [3.05, 3.63) is 161 Å². The average Bonchev–Trinajstić information content (AvgIpc) is 3.54. The summed E-state index contributed by atoms with van der Waals surface area (Å²) in [5.41, 5.74) is 11.3. The van der Waals surface area contributed by atoms with Crippen LogP contribution in [0.15, 0.2) is 121 Å². The van der Waals surface area contributed by atoms with Crippen LogP contribution in [-0.2, 0) is 36.1 Å². The van der Waals surface area contributed by atoms with E-state index in [9.17, 15) is 0 Å². The van der Waals surface area contributed by atoms with E-state index >= 15 is 0 Å². The molecule has 0 nitrogen and oxygen atoms in total. The van der Waals surface area contributed by atoms with Gasteiger partial charge in [0, 0.05) is 0 Å². The Kier molecular flexibility index (Phi) is 12.9. The van der Waals surface area contributed by atoms with Crippen molar-refractivity contribution in [3.63, 3.8) is 0 Å². The first kappa shape index (κ1) is 32.8. The normalized spacial score (nSPS) is 10.7. The second-order valence-electron chi connectivity index (χ2n) is 10.4. The van der Waals surface area contributed by atoms with Gasteiger partial charge in [-0.3, -0.25) is 0 Å². The third kappa shape index (κ3) is 9.04. The first-order chi connectivity index (χ1) is 17.8. The molecule has 198 valence electrons. The second kappa shape index (κ2) is 15.4. The molecular weight excluding hydrogens is 595 g/mol. The van der Waals surface area contributed by atoms with Crippen LogP contribution in [0.25, 0.3) is 11.1 Å². The van der Waals surface area contributed by atoms with Crippen molar-refractivity contribution in [2.45, 2.75) is 39.5 Å². The molecule has 0 heterocycles. The van der Waals surface area contributed by atoms with E-state index in [0.29, 0.717) is 5.41 Å². The van der Waals surface area contributed by atoms with Crippen molar-refractivity contribution in [1.29, 1.82) is 0 Å². The van der Waals surface area contributed by atoms with Crippen LogP contribution in [0.1, 0.15) is 54.2 Å². The molecule has 0 saturated carbocycles. The van der Waals surface area contributed by atoms with Crippen molar-refractivity contribution in [1.82, 2.24) is 0 Å². The number of benzene rings is 4. The van der Waals surface area contributed by atoms with E-state index in [0.717, 1.165) is 6.42 Å².